The van der Waals surface area contributed by atoms with Crippen LogP contribution in [0.3, 0.4) is 0 Å². The van der Waals surface area contributed by atoms with E-state index in [0.29, 0.717) is 11.4 Å². The maximum Gasteiger partial charge on any atom is 0.261 e. The zero-order chi connectivity index (χ0) is 14.9. The van der Waals surface area contributed by atoms with Gasteiger partial charge >= 0.3 is 0 Å². The fraction of sp³-hybridized carbons (Fsp3) is 0.214. The van der Waals surface area contributed by atoms with Crippen molar-refractivity contribution >= 4 is 31.6 Å². The molecule has 2 rings (SSSR count). The summed E-state index contributed by atoms with van der Waals surface area (Å²) in [6.45, 7) is 5.49. The maximum absolute atomic E-state index is 12.3. The molecule has 106 valence electrons. The van der Waals surface area contributed by atoms with Crippen LogP contribution in [-0.2, 0) is 10.0 Å². The molecule has 0 aliphatic carbocycles. The van der Waals surface area contributed by atoms with Gasteiger partial charge in [0.1, 0.15) is 0 Å². The summed E-state index contributed by atoms with van der Waals surface area (Å²) >= 11 is 3.36. The number of nitrogens with one attached hydrogen (secondary N) is 1. The SMILES string of the molecule is Cc1ccc(NS(=O)(=O)c2ccc(Br)c(C)c2)c(C)n1. The van der Waals surface area contributed by atoms with Crippen molar-refractivity contribution in [3.8, 4) is 0 Å². The number of nitrogens with zero attached hydrogens (tertiary/aromatic N) is 1. The minimum atomic E-state index is -3.60. The number of aromatic nitrogens is 1. The number of sulfonamides is 1. The Bertz CT molecular complexity index is 758. The zero-order valence-electron chi connectivity index (χ0n) is 11.4. The summed E-state index contributed by atoms with van der Waals surface area (Å²) in [5.41, 5.74) is 2.87. The van der Waals surface area contributed by atoms with E-state index in [9.17, 15) is 8.42 Å². The first-order chi connectivity index (χ1) is 9.29. The molecule has 0 bridgehead atoms. The lowest BCUT2D eigenvalue weighted by atomic mass is 10.2. The minimum Gasteiger partial charge on any atom is -0.278 e. The number of pyridine rings is 1. The third-order valence-electron chi connectivity index (χ3n) is 2.91. The Balaban J connectivity index is 2.38. The van der Waals surface area contributed by atoms with Crippen LogP contribution in [-0.4, -0.2) is 13.4 Å². The molecule has 6 heteroatoms. The van der Waals surface area contributed by atoms with Crippen LogP contribution in [0.15, 0.2) is 39.7 Å². The van der Waals surface area contributed by atoms with E-state index in [2.05, 4.69) is 25.6 Å². The second-order valence-corrected chi connectivity index (χ2v) is 7.14. The van der Waals surface area contributed by atoms with Gasteiger partial charge in [-0.05, 0) is 56.7 Å². The van der Waals surface area contributed by atoms with Crippen LogP contribution in [0.25, 0.3) is 0 Å². The predicted molar refractivity (Wildman–Crippen MR) is 83.4 cm³/mol. The molecule has 1 heterocycles. The van der Waals surface area contributed by atoms with Crippen molar-refractivity contribution in [2.24, 2.45) is 0 Å². The van der Waals surface area contributed by atoms with Crippen molar-refractivity contribution < 1.29 is 8.42 Å². The number of aryl methyl sites for hydroxylation is 3. The highest BCUT2D eigenvalue weighted by molar-refractivity contribution is 9.10. The van der Waals surface area contributed by atoms with E-state index in [1.54, 1.807) is 37.3 Å². The predicted octanol–water partition coefficient (Wildman–Crippen LogP) is 3.57. The quantitative estimate of drug-likeness (QED) is 0.916. The third-order valence-corrected chi connectivity index (χ3v) is 5.16. The van der Waals surface area contributed by atoms with Crippen molar-refractivity contribution in [2.75, 3.05) is 4.72 Å². The number of hydrogen-bond acceptors (Lipinski definition) is 3. The first kappa shape index (κ1) is 15.0. The first-order valence-corrected chi connectivity index (χ1v) is 8.30. The highest BCUT2D eigenvalue weighted by Crippen LogP contribution is 2.23. The van der Waals surface area contributed by atoms with Crippen LogP contribution >= 0.6 is 15.9 Å². The number of halogens is 1. The van der Waals surface area contributed by atoms with Crippen LogP contribution < -0.4 is 4.72 Å². The van der Waals surface area contributed by atoms with Gasteiger partial charge in [-0.25, -0.2) is 8.42 Å². The first-order valence-electron chi connectivity index (χ1n) is 6.03. The van der Waals surface area contributed by atoms with E-state index in [-0.39, 0.29) is 4.90 Å². The molecule has 0 aliphatic heterocycles. The molecule has 0 radical (unpaired) electrons. The largest absolute Gasteiger partial charge is 0.278 e. The molecule has 0 aliphatic rings. The van der Waals surface area contributed by atoms with Crippen molar-refractivity contribution in [3.05, 3.63) is 51.8 Å². The Morgan fingerprint density at radius 1 is 1.10 bits per heavy atom. The summed E-state index contributed by atoms with van der Waals surface area (Å²) in [7, 11) is -3.60. The molecule has 0 amide bonds. The Morgan fingerprint density at radius 2 is 1.80 bits per heavy atom. The Hall–Kier alpha value is -1.40. The van der Waals surface area contributed by atoms with Crippen LogP contribution in [0.2, 0.25) is 0 Å². The summed E-state index contributed by atoms with van der Waals surface area (Å²) in [6, 6.07) is 8.42. The van der Waals surface area contributed by atoms with Gasteiger partial charge in [0, 0.05) is 10.2 Å². The Labute approximate surface area is 127 Å². The Kier molecular flexibility index (Phi) is 4.15. The molecule has 1 aromatic carbocycles. The molecule has 20 heavy (non-hydrogen) atoms. The van der Waals surface area contributed by atoms with Crippen LogP contribution in [0.4, 0.5) is 5.69 Å². The number of hydrogen-bond donors (Lipinski definition) is 1. The minimum absolute atomic E-state index is 0.234. The molecule has 1 aromatic heterocycles. The van der Waals surface area contributed by atoms with Gasteiger partial charge < -0.3 is 0 Å². The van der Waals surface area contributed by atoms with Gasteiger partial charge in [-0.2, -0.15) is 0 Å². The summed E-state index contributed by atoms with van der Waals surface area (Å²) < 4.78 is 28.1. The zero-order valence-corrected chi connectivity index (χ0v) is 13.8. The molecule has 0 saturated heterocycles. The van der Waals surface area contributed by atoms with Crippen molar-refractivity contribution in [2.45, 2.75) is 25.7 Å². The molecule has 0 fully saturated rings. The Morgan fingerprint density at radius 3 is 2.40 bits per heavy atom. The second-order valence-electron chi connectivity index (χ2n) is 4.60. The second kappa shape index (κ2) is 5.54. The van der Waals surface area contributed by atoms with Crippen molar-refractivity contribution in [1.29, 1.82) is 0 Å². The molecular weight excluding hydrogens is 340 g/mol. The molecule has 0 unspecified atom stereocenters. The van der Waals surface area contributed by atoms with E-state index in [0.717, 1.165) is 15.7 Å². The van der Waals surface area contributed by atoms with Gasteiger partial charge in [-0.1, -0.05) is 15.9 Å². The van der Waals surface area contributed by atoms with E-state index in [1.165, 1.54) is 0 Å². The van der Waals surface area contributed by atoms with Crippen LogP contribution in [0.5, 0.6) is 0 Å². The average molecular weight is 355 g/mol. The lowest BCUT2D eigenvalue weighted by Gasteiger charge is -2.11. The maximum atomic E-state index is 12.3. The molecule has 0 atom stereocenters. The van der Waals surface area contributed by atoms with E-state index in [4.69, 9.17) is 0 Å². The fourth-order valence-corrected chi connectivity index (χ4v) is 3.23. The molecular formula is C14H15BrN2O2S. The van der Waals surface area contributed by atoms with E-state index >= 15 is 0 Å². The monoisotopic (exact) mass is 354 g/mol. The summed E-state index contributed by atoms with van der Waals surface area (Å²) in [4.78, 5) is 4.48. The van der Waals surface area contributed by atoms with Crippen molar-refractivity contribution in [3.63, 3.8) is 0 Å². The fourth-order valence-electron chi connectivity index (χ4n) is 1.78. The molecule has 4 nitrogen and oxygen atoms in total. The lowest BCUT2D eigenvalue weighted by Crippen LogP contribution is -2.14. The van der Waals surface area contributed by atoms with E-state index < -0.39 is 10.0 Å². The number of benzene rings is 1. The van der Waals surface area contributed by atoms with Gasteiger partial charge in [-0.3, -0.25) is 9.71 Å². The van der Waals surface area contributed by atoms with Crippen LogP contribution in [0, 0.1) is 20.8 Å². The summed E-state index contributed by atoms with van der Waals surface area (Å²) in [5.74, 6) is 0. The molecule has 0 saturated carbocycles. The normalized spacial score (nSPS) is 11.4. The van der Waals surface area contributed by atoms with Crippen LogP contribution in [0.1, 0.15) is 17.0 Å². The van der Waals surface area contributed by atoms with E-state index in [1.807, 2.05) is 13.8 Å². The topological polar surface area (TPSA) is 59.1 Å². The third kappa shape index (κ3) is 3.19. The van der Waals surface area contributed by atoms with Gasteiger partial charge in [0.25, 0.3) is 10.0 Å². The highest BCUT2D eigenvalue weighted by atomic mass is 79.9. The average Bonchev–Trinajstić information content (AvgIpc) is 2.36. The molecule has 2 aromatic rings. The van der Waals surface area contributed by atoms with Gasteiger partial charge in [0.05, 0.1) is 16.3 Å². The smallest absolute Gasteiger partial charge is 0.261 e. The molecule has 0 spiro atoms. The lowest BCUT2D eigenvalue weighted by molar-refractivity contribution is 0.601. The number of rotatable bonds is 3. The highest BCUT2D eigenvalue weighted by Gasteiger charge is 2.16. The summed E-state index contributed by atoms with van der Waals surface area (Å²) in [6.07, 6.45) is 0. The van der Waals surface area contributed by atoms with Gasteiger partial charge in [0.2, 0.25) is 0 Å². The van der Waals surface area contributed by atoms with Crippen molar-refractivity contribution in [1.82, 2.24) is 4.98 Å². The molecule has 1 N–H and O–H groups in total. The summed E-state index contributed by atoms with van der Waals surface area (Å²) in [5, 5.41) is 0. The standard InChI is InChI=1S/C14H15BrN2O2S/c1-9-8-12(5-6-13(9)15)20(18,19)17-14-7-4-10(2)16-11(14)3/h4-8,17H,1-3H3. The van der Waals surface area contributed by atoms with Gasteiger partial charge in [0.15, 0.2) is 0 Å². The van der Waals surface area contributed by atoms with Gasteiger partial charge in [-0.15, -0.1) is 0 Å². The number of anilines is 1.